The highest BCUT2D eigenvalue weighted by Gasteiger charge is 2.23. The maximum atomic E-state index is 10.5. The van der Waals surface area contributed by atoms with E-state index in [1.807, 2.05) is 0 Å². The van der Waals surface area contributed by atoms with E-state index in [2.05, 4.69) is 0 Å². The Kier molecular flexibility index (Phi) is 6.58. The summed E-state index contributed by atoms with van der Waals surface area (Å²) in [6.45, 7) is 0. The van der Waals surface area contributed by atoms with Gasteiger partial charge in [0.25, 0.3) is 0 Å². The third kappa shape index (κ3) is 6.58. The van der Waals surface area contributed by atoms with Gasteiger partial charge < -0.3 is 15.3 Å². The van der Waals surface area contributed by atoms with Crippen LogP contribution in [0.4, 0.5) is 0 Å². The molecule has 0 radical (unpaired) electrons. The molecule has 0 aromatic rings. The van der Waals surface area contributed by atoms with Crippen LogP contribution in [-0.4, -0.2) is 33.2 Å². The van der Waals surface area contributed by atoms with Crippen molar-refractivity contribution in [2.75, 3.05) is 0 Å². The van der Waals surface area contributed by atoms with Gasteiger partial charge in [-0.2, -0.15) is 0 Å². The number of carboxylic acids is 3. The second kappa shape index (κ2) is 7.44. The van der Waals surface area contributed by atoms with Crippen LogP contribution in [0.3, 0.4) is 0 Å². The van der Waals surface area contributed by atoms with E-state index in [0.717, 1.165) is 0 Å². The molecule has 0 aliphatic carbocycles. The van der Waals surface area contributed by atoms with E-state index < -0.39 is 23.8 Å². The summed E-state index contributed by atoms with van der Waals surface area (Å²) in [5, 5.41) is 25.4. The molecule has 0 aliphatic rings. The van der Waals surface area contributed by atoms with Crippen LogP contribution in [-0.2, 0) is 14.4 Å². The first-order valence-electron chi connectivity index (χ1n) is 4.77. The molecule has 90 valence electrons. The summed E-state index contributed by atoms with van der Waals surface area (Å²) in [6.07, 6.45) is 3.97. The van der Waals surface area contributed by atoms with Gasteiger partial charge in [-0.25, -0.2) is 0 Å². The molecule has 0 aromatic heterocycles. The molecule has 3 N–H and O–H groups in total. The number of hydrogen-bond donors (Lipinski definition) is 3. The monoisotopic (exact) mass is 230 g/mol. The minimum atomic E-state index is -1.43. The number of carbonyl (C=O) groups is 3. The molecule has 0 spiro atoms. The van der Waals surface area contributed by atoms with E-state index in [9.17, 15) is 14.4 Å². The van der Waals surface area contributed by atoms with Gasteiger partial charge in [0.1, 0.15) is 0 Å². The van der Waals surface area contributed by atoms with Crippen LogP contribution in [0.5, 0.6) is 0 Å². The Bertz CT molecular complexity index is 280. The number of aliphatic carboxylic acids is 3. The lowest BCUT2D eigenvalue weighted by molar-refractivity contribution is -0.154. The highest BCUT2D eigenvalue weighted by atomic mass is 16.4. The van der Waals surface area contributed by atoms with Gasteiger partial charge in [0, 0.05) is 6.42 Å². The van der Waals surface area contributed by atoms with Crippen molar-refractivity contribution in [3.63, 3.8) is 0 Å². The van der Waals surface area contributed by atoms with Crippen molar-refractivity contribution >= 4 is 17.9 Å². The van der Waals surface area contributed by atoms with Gasteiger partial charge in [-0.05, 0) is 19.3 Å². The van der Waals surface area contributed by atoms with Crippen molar-refractivity contribution in [1.29, 1.82) is 0 Å². The van der Waals surface area contributed by atoms with E-state index >= 15 is 0 Å². The molecule has 0 rings (SSSR count). The van der Waals surface area contributed by atoms with Gasteiger partial charge in [0.2, 0.25) is 0 Å². The summed E-state index contributed by atoms with van der Waals surface area (Å²) in [4.78, 5) is 31.1. The maximum absolute atomic E-state index is 10.5. The summed E-state index contributed by atoms with van der Waals surface area (Å²) < 4.78 is 0. The molecule has 0 aromatic carbocycles. The van der Waals surface area contributed by atoms with Crippen molar-refractivity contribution in [3.05, 3.63) is 12.2 Å². The molecule has 0 atom stereocenters. The van der Waals surface area contributed by atoms with Crippen molar-refractivity contribution < 1.29 is 29.7 Å². The average molecular weight is 230 g/mol. The number of allylic oxidation sites excluding steroid dienone is 2. The zero-order valence-electron chi connectivity index (χ0n) is 8.63. The fourth-order valence-corrected chi connectivity index (χ4v) is 1.03. The van der Waals surface area contributed by atoms with Gasteiger partial charge in [-0.15, -0.1) is 0 Å². The van der Waals surface area contributed by atoms with E-state index in [-0.39, 0.29) is 12.8 Å². The molecule has 0 amide bonds. The Morgan fingerprint density at radius 1 is 1.00 bits per heavy atom. The Morgan fingerprint density at radius 2 is 1.56 bits per heavy atom. The van der Waals surface area contributed by atoms with E-state index in [0.29, 0.717) is 12.8 Å². The third-order valence-electron chi connectivity index (χ3n) is 1.90. The quantitative estimate of drug-likeness (QED) is 0.325. The van der Waals surface area contributed by atoms with Crippen LogP contribution in [0, 0.1) is 5.92 Å². The summed E-state index contributed by atoms with van der Waals surface area (Å²) in [5.41, 5.74) is 0. The molecule has 6 heteroatoms. The molecule has 0 aliphatic heterocycles. The van der Waals surface area contributed by atoms with Crippen LogP contribution in [0.25, 0.3) is 0 Å². The Balaban J connectivity index is 3.84. The highest BCUT2D eigenvalue weighted by molar-refractivity contribution is 5.92. The third-order valence-corrected chi connectivity index (χ3v) is 1.90. The number of carboxylic acid groups (broad SMARTS) is 3. The molecule has 0 saturated carbocycles. The van der Waals surface area contributed by atoms with Gasteiger partial charge >= 0.3 is 17.9 Å². The Morgan fingerprint density at radius 3 is 2.00 bits per heavy atom. The van der Waals surface area contributed by atoms with Crippen LogP contribution >= 0.6 is 0 Å². The summed E-state index contributed by atoms with van der Waals surface area (Å²) >= 11 is 0. The molecule has 0 heterocycles. The first kappa shape index (κ1) is 14.2. The van der Waals surface area contributed by atoms with Crippen molar-refractivity contribution in [1.82, 2.24) is 0 Å². The summed E-state index contributed by atoms with van der Waals surface area (Å²) in [5.74, 6) is -5.07. The van der Waals surface area contributed by atoms with Gasteiger partial charge in [0.15, 0.2) is 5.92 Å². The normalized spacial score (nSPS) is 10.8. The molecule has 0 unspecified atom stereocenters. The lowest BCUT2D eigenvalue weighted by Gasteiger charge is -2.02. The minimum Gasteiger partial charge on any atom is -0.481 e. The smallest absolute Gasteiger partial charge is 0.318 e. The lowest BCUT2D eigenvalue weighted by atomic mass is 10.1. The summed E-state index contributed by atoms with van der Waals surface area (Å²) in [7, 11) is 0. The van der Waals surface area contributed by atoms with E-state index in [1.165, 1.54) is 6.08 Å². The van der Waals surface area contributed by atoms with Crippen LogP contribution < -0.4 is 0 Å². The largest absolute Gasteiger partial charge is 0.481 e. The predicted octanol–water partition coefficient (Wildman–Crippen LogP) is 0.973. The maximum Gasteiger partial charge on any atom is 0.318 e. The van der Waals surface area contributed by atoms with Crippen LogP contribution in [0.2, 0.25) is 0 Å². The molecule has 16 heavy (non-hydrogen) atoms. The molecule has 0 bridgehead atoms. The number of hydrogen-bond acceptors (Lipinski definition) is 3. The lowest BCUT2D eigenvalue weighted by Crippen LogP contribution is -2.22. The molecule has 0 saturated heterocycles. The fraction of sp³-hybridized carbons (Fsp3) is 0.500. The first-order valence-corrected chi connectivity index (χ1v) is 4.77. The zero-order chi connectivity index (χ0) is 12.6. The van der Waals surface area contributed by atoms with Gasteiger partial charge in [-0.1, -0.05) is 12.2 Å². The number of unbranched alkanes of at least 4 members (excludes halogenated alkanes) is 1. The topological polar surface area (TPSA) is 112 Å². The minimum absolute atomic E-state index is 0.0473. The predicted molar refractivity (Wildman–Crippen MR) is 54.0 cm³/mol. The highest BCUT2D eigenvalue weighted by Crippen LogP contribution is 2.06. The Labute approximate surface area is 92.2 Å². The van der Waals surface area contributed by atoms with Gasteiger partial charge in [-0.3, -0.25) is 14.4 Å². The molecular formula is C10H14O6. The van der Waals surface area contributed by atoms with E-state index in [4.69, 9.17) is 15.3 Å². The zero-order valence-corrected chi connectivity index (χ0v) is 8.63. The van der Waals surface area contributed by atoms with Crippen LogP contribution in [0.15, 0.2) is 12.2 Å². The second-order valence-electron chi connectivity index (χ2n) is 3.22. The fourth-order valence-electron chi connectivity index (χ4n) is 1.03. The first-order chi connectivity index (χ1) is 7.45. The Hall–Kier alpha value is -1.85. The van der Waals surface area contributed by atoms with Gasteiger partial charge in [0.05, 0.1) is 0 Å². The summed E-state index contributed by atoms with van der Waals surface area (Å²) in [6, 6.07) is 0. The number of rotatable bonds is 8. The van der Waals surface area contributed by atoms with Crippen molar-refractivity contribution in [2.24, 2.45) is 5.92 Å². The molecular weight excluding hydrogens is 216 g/mol. The average Bonchev–Trinajstić information content (AvgIpc) is 2.14. The van der Waals surface area contributed by atoms with Crippen LogP contribution in [0.1, 0.15) is 25.7 Å². The SMILES string of the molecule is O=C(O)CCCC=CCC(C(=O)O)C(=O)O. The molecule has 0 fully saturated rings. The van der Waals surface area contributed by atoms with Crippen molar-refractivity contribution in [2.45, 2.75) is 25.7 Å². The van der Waals surface area contributed by atoms with E-state index in [1.54, 1.807) is 6.08 Å². The standard InChI is InChI=1S/C10H14O6/c11-8(12)6-4-2-1-3-5-7(9(13)14)10(15)16/h1,3,7H,2,4-6H2,(H,11,12)(H,13,14)(H,15,16). The second-order valence-corrected chi connectivity index (χ2v) is 3.22. The van der Waals surface area contributed by atoms with Crippen molar-refractivity contribution in [3.8, 4) is 0 Å². The molecule has 6 nitrogen and oxygen atoms in total.